The monoisotopic (exact) mass is 294 g/mol. The lowest BCUT2D eigenvalue weighted by Crippen LogP contribution is -2.02. The molecule has 0 radical (unpaired) electrons. The van der Waals surface area contributed by atoms with E-state index in [9.17, 15) is 13.2 Å². The normalized spacial score (nSPS) is 11.2. The van der Waals surface area contributed by atoms with E-state index in [1.54, 1.807) is 10.6 Å². The molecule has 0 amide bonds. The van der Waals surface area contributed by atoms with Gasteiger partial charge in [-0.05, 0) is 36.5 Å². The summed E-state index contributed by atoms with van der Waals surface area (Å²) >= 11 is 5.15. The number of aromatic nitrogens is 2. The van der Waals surface area contributed by atoms with Crippen LogP contribution in [0.25, 0.3) is 11.0 Å². The molecule has 0 atom stereocenters. The van der Waals surface area contributed by atoms with Crippen LogP contribution in [0.15, 0.2) is 36.4 Å². The van der Waals surface area contributed by atoms with Crippen molar-refractivity contribution >= 4 is 23.3 Å². The smallest absolute Gasteiger partial charge is 0.178 e. The molecule has 3 rings (SSSR count). The maximum atomic E-state index is 13.7. The van der Waals surface area contributed by atoms with E-state index in [1.165, 1.54) is 24.3 Å². The molecule has 0 unspecified atom stereocenters. The zero-order chi connectivity index (χ0) is 14.3. The van der Waals surface area contributed by atoms with Gasteiger partial charge in [0.1, 0.15) is 17.5 Å². The third-order valence-electron chi connectivity index (χ3n) is 3.08. The minimum Gasteiger partial charge on any atom is -0.331 e. The highest BCUT2D eigenvalue weighted by atomic mass is 32.1. The van der Waals surface area contributed by atoms with Crippen molar-refractivity contribution < 1.29 is 13.2 Å². The van der Waals surface area contributed by atoms with Gasteiger partial charge >= 0.3 is 0 Å². The van der Waals surface area contributed by atoms with Crippen molar-refractivity contribution in [2.45, 2.75) is 6.54 Å². The standard InChI is InChI=1S/C14H9F3N2S/c15-9-2-1-8(11(17)5-9)7-19-13-6-10(16)3-4-12(13)18-14(19)20/h1-6H,7H2,(H,18,20). The van der Waals surface area contributed by atoms with Crippen LogP contribution >= 0.6 is 12.2 Å². The highest BCUT2D eigenvalue weighted by molar-refractivity contribution is 7.71. The summed E-state index contributed by atoms with van der Waals surface area (Å²) in [6.07, 6.45) is 0. The van der Waals surface area contributed by atoms with Crippen LogP contribution in [-0.4, -0.2) is 9.55 Å². The van der Waals surface area contributed by atoms with Crippen LogP contribution in [0, 0.1) is 22.2 Å². The van der Waals surface area contributed by atoms with E-state index in [4.69, 9.17) is 12.2 Å². The van der Waals surface area contributed by atoms with Crippen LogP contribution in [0.3, 0.4) is 0 Å². The zero-order valence-electron chi connectivity index (χ0n) is 10.2. The van der Waals surface area contributed by atoms with Crippen molar-refractivity contribution in [3.8, 4) is 0 Å². The Hall–Kier alpha value is -2.08. The van der Waals surface area contributed by atoms with Crippen LogP contribution in [0.5, 0.6) is 0 Å². The fraction of sp³-hybridized carbons (Fsp3) is 0.0714. The molecule has 0 saturated carbocycles. The van der Waals surface area contributed by atoms with E-state index in [2.05, 4.69) is 4.98 Å². The molecule has 0 aliphatic rings. The Morgan fingerprint density at radius 3 is 2.45 bits per heavy atom. The lowest BCUT2D eigenvalue weighted by atomic mass is 10.2. The van der Waals surface area contributed by atoms with Gasteiger partial charge in [-0.15, -0.1) is 0 Å². The first-order valence-corrected chi connectivity index (χ1v) is 6.27. The topological polar surface area (TPSA) is 20.7 Å². The van der Waals surface area contributed by atoms with Crippen molar-refractivity contribution in [2.75, 3.05) is 0 Å². The highest BCUT2D eigenvalue weighted by Gasteiger charge is 2.09. The number of benzene rings is 2. The van der Waals surface area contributed by atoms with Gasteiger partial charge in [0.25, 0.3) is 0 Å². The van der Waals surface area contributed by atoms with Crippen molar-refractivity contribution in [3.05, 3.63) is 64.2 Å². The number of nitrogens with zero attached hydrogens (tertiary/aromatic N) is 1. The van der Waals surface area contributed by atoms with Crippen LogP contribution in [0.1, 0.15) is 5.56 Å². The molecule has 0 aliphatic heterocycles. The van der Waals surface area contributed by atoms with E-state index in [0.717, 1.165) is 6.07 Å². The molecule has 20 heavy (non-hydrogen) atoms. The number of nitrogens with one attached hydrogen (secondary N) is 1. The van der Waals surface area contributed by atoms with Gasteiger partial charge in [-0.25, -0.2) is 13.2 Å². The highest BCUT2D eigenvalue weighted by Crippen LogP contribution is 2.19. The van der Waals surface area contributed by atoms with Gasteiger partial charge in [0.15, 0.2) is 4.77 Å². The SMILES string of the molecule is Fc1ccc(Cn2c(=S)[nH]c3ccc(F)cc32)c(F)c1. The van der Waals surface area contributed by atoms with Gasteiger partial charge < -0.3 is 9.55 Å². The van der Waals surface area contributed by atoms with Crippen molar-refractivity contribution in [1.29, 1.82) is 0 Å². The van der Waals surface area contributed by atoms with Gasteiger partial charge in [0.2, 0.25) is 0 Å². The molecule has 0 spiro atoms. The van der Waals surface area contributed by atoms with E-state index >= 15 is 0 Å². The maximum absolute atomic E-state index is 13.7. The second-order valence-corrected chi connectivity index (χ2v) is 4.80. The number of aromatic amines is 1. The van der Waals surface area contributed by atoms with E-state index in [1.807, 2.05) is 0 Å². The van der Waals surface area contributed by atoms with E-state index in [-0.39, 0.29) is 12.1 Å². The summed E-state index contributed by atoms with van der Waals surface area (Å²) in [6.45, 7) is 0.106. The molecule has 6 heteroatoms. The van der Waals surface area contributed by atoms with Gasteiger partial charge in [0, 0.05) is 11.6 Å². The summed E-state index contributed by atoms with van der Waals surface area (Å²) < 4.78 is 41.8. The first-order chi connectivity index (χ1) is 9.54. The second kappa shape index (κ2) is 4.79. The Morgan fingerprint density at radius 2 is 1.70 bits per heavy atom. The number of fused-ring (bicyclic) bond motifs is 1. The van der Waals surface area contributed by atoms with Gasteiger partial charge in [-0.3, -0.25) is 0 Å². The minimum atomic E-state index is -0.655. The predicted octanol–water partition coefficient (Wildman–Crippen LogP) is 4.16. The summed E-state index contributed by atoms with van der Waals surface area (Å²) in [5.74, 6) is -1.70. The molecule has 1 N–H and O–H groups in total. The molecule has 3 aromatic rings. The third kappa shape index (κ3) is 2.22. The Balaban J connectivity index is 2.12. The summed E-state index contributed by atoms with van der Waals surface area (Å²) in [6, 6.07) is 7.55. The van der Waals surface area contributed by atoms with Crippen molar-refractivity contribution in [3.63, 3.8) is 0 Å². The average Bonchev–Trinajstić information content (AvgIpc) is 2.69. The molecule has 1 heterocycles. The molecular formula is C14H9F3N2S. The first-order valence-electron chi connectivity index (χ1n) is 5.86. The first kappa shape index (κ1) is 12.9. The summed E-state index contributed by atoms with van der Waals surface area (Å²) in [5, 5.41) is 0. The number of imidazole rings is 1. The van der Waals surface area contributed by atoms with Crippen LogP contribution in [-0.2, 0) is 6.54 Å². The van der Waals surface area contributed by atoms with Crippen molar-refractivity contribution in [1.82, 2.24) is 9.55 Å². The molecule has 1 aromatic heterocycles. The number of rotatable bonds is 2. The number of halogens is 3. The Morgan fingerprint density at radius 1 is 1.00 bits per heavy atom. The second-order valence-electron chi connectivity index (χ2n) is 4.41. The van der Waals surface area contributed by atoms with E-state index < -0.39 is 17.5 Å². The van der Waals surface area contributed by atoms with Gasteiger partial charge in [-0.1, -0.05) is 6.07 Å². The molecule has 0 aliphatic carbocycles. The van der Waals surface area contributed by atoms with Crippen LogP contribution in [0.2, 0.25) is 0 Å². The Labute approximate surface area is 117 Å². The molecular weight excluding hydrogens is 285 g/mol. The maximum Gasteiger partial charge on any atom is 0.178 e. The lowest BCUT2D eigenvalue weighted by molar-refractivity contribution is 0.567. The molecule has 0 saturated heterocycles. The largest absolute Gasteiger partial charge is 0.331 e. The van der Waals surface area contributed by atoms with Crippen LogP contribution in [0.4, 0.5) is 13.2 Å². The van der Waals surface area contributed by atoms with E-state index in [0.29, 0.717) is 15.8 Å². The average molecular weight is 294 g/mol. The number of hydrogen-bond donors (Lipinski definition) is 1. The zero-order valence-corrected chi connectivity index (χ0v) is 11.0. The molecule has 2 nitrogen and oxygen atoms in total. The molecule has 102 valence electrons. The fourth-order valence-electron chi connectivity index (χ4n) is 2.10. The summed E-state index contributed by atoms with van der Waals surface area (Å²) in [4.78, 5) is 2.92. The lowest BCUT2D eigenvalue weighted by Gasteiger charge is -2.06. The molecule has 0 bridgehead atoms. The Bertz CT molecular complexity index is 851. The minimum absolute atomic E-state index is 0.106. The third-order valence-corrected chi connectivity index (χ3v) is 3.40. The Kier molecular flexibility index (Phi) is 3.10. The fourth-order valence-corrected chi connectivity index (χ4v) is 2.38. The van der Waals surface area contributed by atoms with Crippen LogP contribution < -0.4 is 0 Å². The number of hydrogen-bond acceptors (Lipinski definition) is 1. The quantitative estimate of drug-likeness (QED) is 0.704. The van der Waals surface area contributed by atoms with Gasteiger partial charge in [-0.2, -0.15) is 0 Å². The number of H-pyrrole nitrogens is 1. The molecule has 0 fully saturated rings. The molecule has 2 aromatic carbocycles. The summed E-state index contributed by atoms with van der Waals surface area (Å²) in [7, 11) is 0. The summed E-state index contributed by atoms with van der Waals surface area (Å²) in [5.41, 5.74) is 1.49. The van der Waals surface area contributed by atoms with Gasteiger partial charge in [0.05, 0.1) is 17.6 Å². The van der Waals surface area contributed by atoms with Crippen molar-refractivity contribution in [2.24, 2.45) is 0 Å². The predicted molar refractivity (Wildman–Crippen MR) is 72.5 cm³/mol.